The van der Waals surface area contributed by atoms with Gasteiger partial charge in [-0.3, -0.25) is 9.79 Å². The van der Waals surface area contributed by atoms with Crippen molar-refractivity contribution in [3.63, 3.8) is 0 Å². The number of likely N-dealkylation sites (tertiary alicyclic amines) is 1. The van der Waals surface area contributed by atoms with Gasteiger partial charge in [-0.1, -0.05) is 6.07 Å². The van der Waals surface area contributed by atoms with Gasteiger partial charge in [0.1, 0.15) is 0 Å². The highest BCUT2D eigenvalue weighted by molar-refractivity contribution is 5.80. The van der Waals surface area contributed by atoms with E-state index in [4.69, 9.17) is 4.74 Å². The molecule has 0 radical (unpaired) electrons. The van der Waals surface area contributed by atoms with Crippen LogP contribution in [0.25, 0.3) is 0 Å². The molecule has 2 rings (SSSR count). The molecule has 0 spiro atoms. The smallest absolute Gasteiger partial charge is 0.409 e. The van der Waals surface area contributed by atoms with Crippen LogP contribution in [0.1, 0.15) is 45.2 Å². The predicted octanol–water partition coefficient (Wildman–Crippen LogP) is 2.11. The molecule has 0 atom stereocenters. The minimum absolute atomic E-state index is 0.0534. The average Bonchev–Trinajstić information content (AvgIpc) is 2.70. The molecule has 2 heterocycles. The number of rotatable bonds is 8. The second-order valence-electron chi connectivity index (χ2n) is 7.23. The molecule has 2 N–H and O–H groups in total. The molecule has 1 fully saturated rings. The summed E-state index contributed by atoms with van der Waals surface area (Å²) in [7, 11) is 0. The number of aromatic nitrogens is 1. The number of nitrogens with zero attached hydrogens (tertiary/aromatic N) is 3. The molecule has 0 saturated carbocycles. The van der Waals surface area contributed by atoms with E-state index in [1.54, 1.807) is 17.0 Å². The van der Waals surface area contributed by atoms with Gasteiger partial charge in [-0.2, -0.15) is 0 Å². The van der Waals surface area contributed by atoms with Crippen LogP contribution >= 0.6 is 0 Å². The van der Waals surface area contributed by atoms with Gasteiger partial charge in [0, 0.05) is 50.5 Å². The normalized spacial score (nSPS) is 15.3. The molecule has 0 aliphatic carbocycles. The molecular weight excluding hydrogens is 370 g/mol. The third kappa shape index (κ3) is 7.44. The van der Waals surface area contributed by atoms with Crippen molar-refractivity contribution in [3.8, 4) is 0 Å². The number of guanidine groups is 1. The van der Waals surface area contributed by atoms with Crippen molar-refractivity contribution >= 4 is 12.1 Å². The minimum Gasteiger partial charge on any atom is -0.450 e. The number of piperidine rings is 1. The third-order valence-corrected chi connectivity index (χ3v) is 5.03. The lowest BCUT2D eigenvalue weighted by molar-refractivity contribution is 0.0963. The Morgan fingerprint density at radius 3 is 2.66 bits per heavy atom. The molecule has 0 bridgehead atoms. The number of pyridine rings is 1. The van der Waals surface area contributed by atoms with Gasteiger partial charge in [0.15, 0.2) is 5.96 Å². The fraction of sp³-hybridized carbons (Fsp3) is 0.667. The molecule has 29 heavy (non-hydrogen) atoms. The molecule has 162 valence electrons. The van der Waals surface area contributed by atoms with Crippen molar-refractivity contribution < 1.29 is 9.53 Å². The summed E-state index contributed by atoms with van der Waals surface area (Å²) in [6, 6.07) is 5.65. The lowest BCUT2D eigenvalue weighted by Crippen LogP contribution is -2.49. The summed E-state index contributed by atoms with van der Waals surface area (Å²) in [4.78, 5) is 30.1. The Morgan fingerprint density at radius 2 is 2.00 bits per heavy atom. The molecule has 1 saturated heterocycles. The van der Waals surface area contributed by atoms with Crippen LogP contribution in [-0.4, -0.2) is 60.3 Å². The molecule has 0 aromatic carbocycles. The fourth-order valence-corrected chi connectivity index (χ4v) is 3.42. The lowest BCUT2D eigenvalue weighted by atomic mass is 10.1. The quantitative estimate of drug-likeness (QED) is 0.393. The highest BCUT2D eigenvalue weighted by atomic mass is 16.6. The van der Waals surface area contributed by atoms with Crippen molar-refractivity contribution in [2.45, 2.75) is 59.0 Å². The number of nitrogens with one attached hydrogen (secondary N) is 2. The first-order chi connectivity index (χ1) is 14.0. The number of hydrogen-bond acceptors (Lipinski definition) is 4. The SMILES string of the molecule is CCNC(=NCCCCn1c(C)cccc1=O)NC1CCN(C(=O)OCC)CC1. The van der Waals surface area contributed by atoms with Crippen LogP contribution in [0.4, 0.5) is 4.79 Å². The van der Waals surface area contributed by atoms with E-state index in [2.05, 4.69) is 15.6 Å². The number of hydrogen-bond donors (Lipinski definition) is 2. The predicted molar refractivity (Wildman–Crippen MR) is 115 cm³/mol. The number of carbonyl (C=O) groups is 1. The van der Waals surface area contributed by atoms with Gasteiger partial charge < -0.3 is 24.8 Å². The van der Waals surface area contributed by atoms with E-state index in [0.29, 0.717) is 32.3 Å². The van der Waals surface area contributed by atoms with Crippen LogP contribution in [0.3, 0.4) is 0 Å². The van der Waals surface area contributed by atoms with Gasteiger partial charge in [0.25, 0.3) is 5.56 Å². The summed E-state index contributed by atoms with van der Waals surface area (Å²) in [6.07, 6.45) is 3.35. The molecule has 1 amide bonds. The summed E-state index contributed by atoms with van der Waals surface area (Å²) in [5, 5.41) is 6.77. The minimum atomic E-state index is -0.223. The Bertz CT molecular complexity index is 723. The van der Waals surface area contributed by atoms with Gasteiger partial charge >= 0.3 is 6.09 Å². The van der Waals surface area contributed by atoms with E-state index >= 15 is 0 Å². The topological polar surface area (TPSA) is 88.0 Å². The number of aryl methyl sites for hydroxylation is 1. The number of amides is 1. The molecule has 8 heteroatoms. The van der Waals surface area contributed by atoms with E-state index < -0.39 is 0 Å². The Balaban J connectivity index is 1.75. The van der Waals surface area contributed by atoms with Gasteiger partial charge in [-0.05, 0) is 52.5 Å². The van der Waals surface area contributed by atoms with Crippen LogP contribution in [0, 0.1) is 6.92 Å². The molecular formula is C21H35N5O3. The molecule has 1 aliphatic heterocycles. The molecule has 1 aliphatic rings. The maximum atomic E-state index is 11.9. The summed E-state index contributed by atoms with van der Waals surface area (Å²) in [6.45, 7) is 9.85. The zero-order valence-electron chi connectivity index (χ0n) is 17.9. The highest BCUT2D eigenvalue weighted by Crippen LogP contribution is 2.11. The van der Waals surface area contributed by atoms with Gasteiger partial charge in [0.05, 0.1) is 6.61 Å². The van der Waals surface area contributed by atoms with Crippen molar-refractivity contribution in [1.29, 1.82) is 0 Å². The van der Waals surface area contributed by atoms with E-state index in [1.165, 1.54) is 0 Å². The Kier molecular flexibility index (Phi) is 9.53. The highest BCUT2D eigenvalue weighted by Gasteiger charge is 2.23. The fourth-order valence-electron chi connectivity index (χ4n) is 3.42. The zero-order chi connectivity index (χ0) is 21.1. The number of carbonyl (C=O) groups excluding carboxylic acids is 1. The van der Waals surface area contributed by atoms with Crippen LogP contribution in [0.2, 0.25) is 0 Å². The van der Waals surface area contributed by atoms with E-state index in [9.17, 15) is 9.59 Å². The Labute approximate surface area is 173 Å². The van der Waals surface area contributed by atoms with Crippen molar-refractivity contribution in [1.82, 2.24) is 20.1 Å². The Morgan fingerprint density at radius 1 is 1.24 bits per heavy atom. The molecule has 1 aromatic heterocycles. The van der Waals surface area contributed by atoms with Crippen LogP contribution in [0.5, 0.6) is 0 Å². The largest absolute Gasteiger partial charge is 0.450 e. The second kappa shape index (κ2) is 12.1. The maximum Gasteiger partial charge on any atom is 0.409 e. The summed E-state index contributed by atoms with van der Waals surface area (Å²) >= 11 is 0. The van der Waals surface area contributed by atoms with Crippen molar-refractivity contribution in [2.24, 2.45) is 4.99 Å². The number of aliphatic imine (C=N–C) groups is 1. The second-order valence-corrected chi connectivity index (χ2v) is 7.23. The molecule has 1 aromatic rings. The maximum absolute atomic E-state index is 11.9. The van der Waals surface area contributed by atoms with Crippen molar-refractivity contribution in [3.05, 3.63) is 34.2 Å². The van der Waals surface area contributed by atoms with Crippen LogP contribution < -0.4 is 16.2 Å². The number of unbranched alkanes of at least 4 members (excludes halogenated alkanes) is 1. The summed E-state index contributed by atoms with van der Waals surface area (Å²) in [5.41, 5.74) is 1.04. The standard InChI is InChI=1S/C21H35N5O3/c1-4-22-20(24-18-11-15-25(16-12-18)21(28)29-5-2)23-13-6-7-14-26-17(3)9-8-10-19(26)27/h8-10,18H,4-7,11-16H2,1-3H3,(H2,22,23,24). The first-order valence-corrected chi connectivity index (χ1v) is 10.7. The first kappa shape index (κ1) is 22.8. The van der Waals surface area contributed by atoms with Crippen molar-refractivity contribution in [2.75, 3.05) is 32.8 Å². The van der Waals surface area contributed by atoms with Gasteiger partial charge in [-0.15, -0.1) is 0 Å². The first-order valence-electron chi connectivity index (χ1n) is 10.7. The monoisotopic (exact) mass is 405 g/mol. The summed E-state index contributed by atoms with van der Waals surface area (Å²) < 4.78 is 6.88. The van der Waals surface area contributed by atoms with Crippen LogP contribution in [-0.2, 0) is 11.3 Å². The average molecular weight is 406 g/mol. The Hall–Kier alpha value is -2.51. The third-order valence-electron chi connectivity index (χ3n) is 5.03. The van der Waals surface area contributed by atoms with Crippen LogP contribution in [0.15, 0.2) is 28.0 Å². The summed E-state index contributed by atoms with van der Waals surface area (Å²) in [5.74, 6) is 0.815. The van der Waals surface area contributed by atoms with E-state index in [1.807, 2.05) is 31.4 Å². The lowest BCUT2D eigenvalue weighted by Gasteiger charge is -2.32. The van der Waals surface area contributed by atoms with Gasteiger partial charge in [0.2, 0.25) is 0 Å². The molecule has 8 nitrogen and oxygen atoms in total. The number of ether oxygens (including phenoxy) is 1. The zero-order valence-corrected chi connectivity index (χ0v) is 17.9. The van der Waals surface area contributed by atoms with E-state index in [0.717, 1.165) is 50.4 Å². The van der Waals surface area contributed by atoms with E-state index in [-0.39, 0.29) is 11.7 Å². The molecule has 0 unspecified atom stereocenters. The van der Waals surface area contributed by atoms with Gasteiger partial charge in [-0.25, -0.2) is 4.79 Å².